The zero-order chi connectivity index (χ0) is 13.8. The number of nitrogens with one attached hydrogen (secondary N) is 1. The summed E-state index contributed by atoms with van der Waals surface area (Å²) in [7, 11) is 4.01. The van der Waals surface area contributed by atoms with Crippen molar-refractivity contribution in [3.05, 3.63) is 35.4 Å². The van der Waals surface area contributed by atoms with Crippen molar-refractivity contribution in [1.82, 2.24) is 10.2 Å². The van der Waals surface area contributed by atoms with Crippen molar-refractivity contribution >= 4 is 11.8 Å². The summed E-state index contributed by atoms with van der Waals surface area (Å²) in [4.78, 5) is 2.32. The predicted molar refractivity (Wildman–Crippen MR) is 76.7 cm³/mol. The van der Waals surface area contributed by atoms with Crippen molar-refractivity contribution in [2.24, 2.45) is 0 Å². The van der Waals surface area contributed by atoms with Crippen molar-refractivity contribution in [2.75, 3.05) is 32.1 Å². The fraction of sp³-hybridized carbons (Fsp3) is 0.571. The summed E-state index contributed by atoms with van der Waals surface area (Å²) in [6.45, 7) is 1.05. The van der Waals surface area contributed by atoms with E-state index in [1.54, 1.807) is 6.07 Å². The summed E-state index contributed by atoms with van der Waals surface area (Å²) in [5, 5.41) is 3.28. The van der Waals surface area contributed by atoms with E-state index in [-0.39, 0.29) is 6.04 Å². The molecule has 0 spiro atoms. The summed E-state index contributed by atoms with van der Waals surface area (Å²) < 4.78 is 26.6. The molecule has 0 aliphatic carbocycles. The molecule has 0 aromatic heterocycles. The first-order chi connectivity index (χ1) is 9.11. The van der Waals surface area contributed by atoms with E-state index in [1.807, 2.05) is 18.8 Å². The largest absolute Gasteiger partial charge is 0.315 e. The highest BCUT2D eigenvalue weighted by atomic mass is 32.2. The van der Waals surface area contributed by atoms with Crippen LogP contribution < -0.4 is 5.32 Å². The van der Waals surface area contributed by atoms with Gasteiger partial charge in [0.1, 0.15) is 11.6 Å². The van der Waals surface area contributed by atoms with E-state index in [2.05, 4.69) is 17.3 Å². The van der Waals surface area contributed by atoms with Crippen LogP contribution in [0.2, 0.25) is 0 Å². The number of nitrogens with zero attached hydrogens (tertiary/aromatic N) is 1. The molecule has 1 aliphatic heterocycles. The number of benzene rings is 1. The molecule has 1 aliphatic rings. The van der Waals surface area contributed by atoms with Gasteiger partial charge < -0.3 is 10.2 Å². The molecule has 0 amide bonds. The van der Waals surface area contributed by atoms with Crippen LogP contribution in [0.1, 0.15) is 5.56 Å². The Balaban J connectivity index is 2.09. The maximum absolute atomic E-state index is 13.7. The van der Waals surface area contributed by atoms with Gasteiger partial charge in [0.05, 0.1) is 0 Å². The zero-order valence-electron chi connectivity index (χ0n) is 11.3. The molecule has 19 heavy (non-hydrogen) atoms. The van der Waals surface area contributed by atoms with Crippen LogP contribution in [0.4, 0.5) is 8.78 Å². The van der Waals surface area contributed by atoms with E-state index < -0.39 is 11.6 Å². The van der Waals surface area contributed by atoms with Crippen LogP contribution in [0.3, 0.4) is 0 Å². The van der Waals surface area contributed by atoms with Crippen LogP contribution in [-0.2, 0) is 6.42 Å². The Hall–Kier alpha value is -0.650. The molecular formula is C14H20F2N2S. The minimum absolute atomic E-state index is 0.178. The van der Waals surface area contributed by atoms with Gasteiger partial charge in [-0.05, 0) is 32.1 Å². The van der Waals surface area contributed by atoms with Gasteiger partial charge in [0.2, 0.25) is 0 Å². The normalized spacial score (nSPS) is 22.4. The number of halogens is 2. The van der Waals surface area contributed by atoms with Gasteiger partial charge >= 0.3 is 0 Å². The number of likely N-dealkylation sites (N-methyl/N-ethyl adjacent to an activating group) is 2. The topological polar surface area (TPSA) is 15.3 Å². The first-order valence-corrected chi connectivity index (χ1v) is 7.66. The minimum Gasteiger partial charge on any atom is -0.315 e. The smallest absolute Gasteiger partial charge is 0.129 e. The molecule has 0 radical (unpaired) electrons. The van der Waals surface area contributed by atoms with Gasteiger partial charge in [-0.15, -0.1) is 0 Å². The number of thioether (sulfide) groups is 1. The highest BCUT2D eigenvalue weighted by molar-refractivity contribution is 7.99. The Bertz CT molecular complexity index is 428. The second-order valence-corrected chi connectivity index (χ2v) is 6.11. The van der Waals surface area contributed by atoms with E-state index in [1.165, 1.54) is 6.07 Å². The maximum Gasteiger partial charge on any atom is 0.129 e. The predicted octanol–water partition coefficient (Wildman–Crippen LogP) is 2.14. The molecule has 0 saturated carbocycles. The minimum atomic E-state index is -0.521. The second kappa shape index (κ2) is 6.68. The Kier molecular flexibility index (Phi) is 5.19. The van der Waals surface area contributed by atoms with Crippen LogP contribution in [0.5, 0.6) is 0 Å². The number of hydrogen-bond acceptors (Lipinski definition) is 3. The molecule has 2 nitrogen and oxygen atoms in total. The van der Waals surface area contributed by atoms with Crippen molar-refractivity contribution < 1.29 is 8.78 Å². The van der Waals surface area contributed by atoms with Crippen LogP contribution in [0.25, 0.3) is 0 Å². The quantitative estimate of drug-likeness (QED) is 0.913. The van der Waals surface area contributed by atoms with Gasteiger partial charge in [-0.1, -0.05) is 6.07 Å². The van der Waals surface area contributed by atoms with Gasteiger partial charge in [-0.25, -0.2) is 8.78 Å². The Labute approximate surface area is 117 Å². The average Bonchev–Trinajstić information content (AvgIpc) is 2.39. The van der Waals surface area contributed by atoms with Gasteiger partial charge in [-0.3, -0.25) is 0 Å². The molecule has 1 heterocycles. The van der Waals surface area contributed by atoms with E-state index in [9.17, 15) is 8.78 Å². The van der Waals surface area contributed by atoms with Gasteiger partial charge in [-0.2, -0.15) is 11.8 Å². The van der Waals surface area contributed by atoms with Crippen molar-refractivity contribution in [3.63, 3.8) is 0 Å². The summed E-state index contributed by atoms with van der Waals surface area (Å²) in [6, 6.07) is 4.39. The first kappa shape index (κ1) is 14.8. The third kappa shape index (κ3) is 3.68. The first-order valence-electron chi connectivity index (χ1n) is 6.51. The monoisotopic (exact) mass is 286 g/mol. The fourth-order valence-corrected chi connectivity index (χ4v) is 3.80. The molecule has 1 saturated heterocycles. The van der Waals surface area contributed by atoms with Crippen molar-refractivity contribution in [2.45, 2.75) is 18.5 Å². The Morgan fingerprint density at radius 1 is 1.47 bits per heavy atom. The highest BCUT2D eigenvalue weighted by Gasteiger charge is 2.27. The molecule has 106 valence electrons. The average molecular weight is 286 g/mol. The van der Waals surface area contributed by atoms with Gasteiger partial charge in [0.15, 0.2) is 0 Å². The lowest BCUT2D eigenvalue weighted by Gasteiger charge is -2.37. The summed E-state index contributed by atoms with van der Waals surface area (Å²) in [5.74, 6) is 1.22. The molecule has 0 bridgehead atoms. The molecule has 1 N–H and O–H groups in total. The van der Waals surface area contributed by atoms with E-state index in [0.29, 0.717) is 18.0 Å². The Morgan fingerprint density at radius 3 is 2.89 bits per heavy atom. The lowest BCUT2D eigenvalue weighted by Crippen LogP contribution is -2.52. The summed E-state index contributed by atoms with van der Waals surface area (Å²) in [6.07, 6.45) is 0.582. The molecule has 2 unspecified atom stereocenters. The maximum atomic E-state index is 13.7. The zero-order valence-corrected chi connectivity index (χ0v) is 12.1. The SMILES string of the molecule is CNC(Cc1ccc(F)cc1F)C1CSCCN1C. The lowest BCUT2D eigenvalue weighted by molar-refractivity contribution is 0.218. The molecule has 1 aromatic rings. The molecule has 2 rings (SSSR count). The van der Waals surface area contributed by atoms with Gasteiger partial charge in [0.25, 0.3) is 0 Å². The third-order valence-corrected chi connectivity index (χ3v) is 4.78. The standard InChI is InChI=1S/C14H20F2N2S/c1-17-13(14-9-19-6-5-18(14)2)7-10-3-4-11(15)8-12(10)16/h3-4,8,13-14,17H,5-7,9H2,1-2H3. The third-order valence-electron chi connectivity index (χ3n) is 3.73. The fourth-order valence-electron chi connectivity index (χ4n) is 2.48. The van der Waals surface area contributed by atoms with Gasteiger partial charge in [0, 0.05) is 36.2 Å². The molecule has 1 fully saturated rings. The number of hydrogen-bond donors (Lipinski definition) is 1. The number of rotatable bonds is 4. The lowest BCUT2D eigenvalue weighted by atomic mass is 9.99. The molecule has 1 aromatic carbocycles. The van der Waals surface area contributed by atoms with Crippen molar-refractivity contribution in [3.8, 4) is 0 Å². The molecule has 5 heteroatoms. The summed E-state index contributed by atoms with van der Waals surface area (Å²) >= 11 is 1.93. The molecule has 2 atom stereocenters. The second-order valence-electron chi connectivity index (χ2n) is 4.96. The Morgan fingerprint density at radius 2 is 2.26 bits per heavy atom. The van der Waals surface area contributed by atoms with E-state index in [0.717, 1.165) is 24.1 Å². The summed E-state index contributed by atoms with van der Waals surface area (Å²) in [5.41, 5.74) is 0.574. The van der Waals surface area contributed by atoms with Crippen LogP contribution in [0, 0.1) is 11.6 Å². The van der Waals surface area contributed by atoms with Crippen molar-refractivity contribution in [1.29, 1.82) is 0 Å². The van der Waals surface area contributed by atoms with Crippen LogP contribution in [-0.4, -0.2) is 49.1 Å². The highest BCUT2D eigenvalue weighted by Crippen LogP contribution is 2.20. The van der Waals surface area contributed by atoms with Crippen LogP contribution in [0.15, 0.2) is 18.2 Å². The molecular weight excluding hydrogens is 266 g/mol. The van der Waals surface area contributed by atoms with E-state index >= 15 is 0 Å². The van der Waals surface area contributed by atoms with E-state index in [4.69, 9.17) is 0 Å². The van der Waals surface area contributed by atoms with Crippen LogP contribution >= 0.6 is 11.8 Å².